The van der Waals surface area contributed by atoms with Gasteiger partial charge in [0.2, 0.25) is 0 Å². The summed E-state index contributed by atoms with van der Waals surface area (Å²) in [5, 5.41) is 10.2. The average molecular weight is 293 g/mol. The number of halogens is 1. The number of aromatic nitrogens is 2. The molecule has 6 heteroatoms. The van der Waals surface area contributed by atoms with E-state index < -0.39 is 0 Å². The van der Waals surface area contributed by atoms with Gasteiger partial charge in [-0.2, -0.15) is 0 Å². The zero-order valence-electron chi connectivity index (χ0n) is 10.9. The van der Waals surface area contributed by atoms with Crippen LogP contribution < -0.4 is 4.74 Å². The number of phenolic OH excluding ortho intramolecular Hbond substituents is 1. The average Bonchev–Trinajstić information content (AvgIpc) is 2.47. The third-order valence-corrected chi connectivity index (χ3v) is 3.52. The third kappa shape index (κ3) is 2.30. The SMILES string of the molecule is COc1ccc(-c2nc(Cl)c3c(n2)CCOC3)cc1O. The first kappa shape index (κ1) is 13.1. The number of nitrogens with zero attached hydrogens (tertiary/aromatic N) is 2. The maximum Gasteiger partial charge on any atom is 0.161 e. The molecule has 0 saturated carbocycles. The first-order chi connectivity index (χ1) is 9.69. The molecule has 0 amide bonds. The summed E-state index contributed by atoms with van der Waals surface area (Å²) in [4.78, 5) is 8.79. The summed E-state index contributed by atoms with van der Waals surface area (Å²) in [7, 11) is 1.50. The quantitative estimate of drug-likeness (QED) is 0.862. The van der Waals surface area contributed by atoms with E-state index in [1.807, 2.05) is 0 Å². The second-order valence-corrected chi connectivity index (χ2v) is 4.81. The van der Waals surface area contributed by atoms with E-state index in [2.05, 4.69) is 9.97 Å². The number of ether oxygens (including phenoxy) is 2. The molecule has 104 valence electrons. The number of benzene rings is 1. The van der Waals surface area contributed by atoms with Crippen LogP contribution in [0.5, 0.6) is 11.5 Å². The van der Waals surface area contributed by atoms with Crippen LogP contribution in [-0.4, -0.2) is 28.8 Å². The predicted octanol–water partition coefficient (Wildman–Crippen LogP) is 2.58. The summed E-state index contributed by atoms with van der Waals surface area (Å²) < 4.78 is 10.4. The van der Waals surface area contributed by atoms with Crippen LogP contribution in [0.15, 0.2) is 18.2 Å². The Kier molecular flexibility index (Phi) is 3.46. The summed E-state index contributed by atoms with van der Waals surface area (Å²) in [6.45, 7) is 1.08. The number of hydrogen-bond donors (Lipinski definition) is 1. The highest BCUT2D eigenvalue weighted by molar-refractivity contribution is 6.30. The Labute approximate surface area is 121 Å². The third-order valence-electron chi connectivity index (χ3n) is 3.21. The number of rotatable bonds is 2. The molecule has 0 fully saturated rings. The van der Waals surface area contributed by atoms with Gasteiger partial charge in [0.05, 0.1) is 26.0 Å². The standard InChI is InChI=1S/C14H13ClN2O3/c1-19-12-3-2-8(6-11(12)18)14-16-10-4-5-20-7-9(10)13(15)17-14/h2-3,6,18H,4-5,7H2,1H3. The Morgan fingerprint density at radius 2 is 2.20 bits per heavy atom. The second kappa shape index (κ2) is 5.26. The van der Waals surface area contributed by atoms with Crippen molar-refractivity contribution < 1.29 is 14.6 Å². The van der Waals surface area contributed by atoms with Crippen LogP contribution in [-0.2, 0) is 17.8 Å². The Morgan fingerprint density at radius 3 is 2.95 bits per heavy atom. The number of phenols is 1. The first-order valence-corrected chi connectivity index (χ1v) is 6.57. The Hall–Kier alpha value is -1.85. The van der Waals surface area contributed by atoms with Crippen LogP contribution in [0.1, 0.15) is 11.3 Å². The maximum absolute atomic E-state index is 9.83. The number of hydrogen-bond acceptors (Lipinski definition) is 5. The second-order valence-electron chi connectivity index (χ2n) is 4.45. The minimum atomic E-state index is 0.0470. The van der Waals surface area contributed by atoms with Crippen molar-refractivity contribution >= 4 is 11.6 Å². The van der Waals surface area contributed by atoms with Crippen molar-refractivity contribution in [2.24, 2.45) is 0 Å². The van der Waals surface area contributed by atoms with Crippen molar-refractivity contribution in [2.75, 3.05) is 13.7 Å². The number of methoxy groups -OCH3 is 1. The predicted molar refractivity (Wildman–Crippen MR) is 74.1 cm³/mol. The van der Waals surface area contributed by atoms with Gasteiger partial charge in [0.25, 0.3) is 0 Å². The van der Waals surface area contributed by atoms with Crippen molar-refractivity contribution in [3.63, 3.8) is 0 Å². The molecule has 0 spiro atoms. The lowest BCUT2D eigenvalue weighted by atomic mass is 10.1. The van der Waals surface area contributed by atoms with Crippen LogP contribution in [0.25, 0.3) is 11.4 Å². The molecular formula is C14H13ClN2O3. The zero-order valence-corrected chi connectivity index (χ0v) is 11.6. The molecule has 3 rings (SSSR count). The highest BCUT2D eigenvalue weighted by atomic mass is 35.5. The lowest BCUT2D eigenvalue weighted by Gasteiger charge is -2.17. The summed E-state index contributed by atoms with van der Waals surface area (Å²) in [5.74, 6) is 0.950. The monoisotopic (exact) mass is 292 g/mol. The van der Waals surface area contributed by atoms with E-state index in [0.717, 1.165) is 11.3 Å². The molecule has 0 aliphatic carbocycles. The Balaban J connectivity index is 2.06. The summed E-state index contributed by atoms with van der Waals surface area (Å²) in [6, 6.07) is 5.02. The smallest absolute Gasteiger partial charge is 0.161 e. The fourth-order valence-electron chi connectivity index (χ4n) is 2.15. The molecule has 1 aromatic heterocycles. The molecule has 1 N–H and O–H groups in total. The van der Waals surface area contributed by atoms with Crippen LogP contribution in [0, 0.1) is 0 Å². The van der Waals surface area contributed by atoms with E-state index in [4.69, 9.17) is 21.1 Å². The highest BCUT2D eigenvalue weighted by Crippen LogP contribution is 2.31. The summed E-state index contributed by atoms with van der Waals surface area (Å²) in [6.07, 6.45) is 0.715. The molecule has 2 heterocycles. The molecule has 0 atom stereocenters. The summed E-state index contributed by atoms with van der Waals surface area (Å²) >= 11 is 6.18. The van der Waals surface area contributed by atoms with Gasteiger partial charge in [-0.3, -0.25) is 0 Å². The van der Waals surface area contributed by atoms with Crippen LogP contribution in [0.3, 0.4) is 0 Å². The molecule has 2 aromatic rings. The number of fused-ring (bicyclic) bond motifs is 1. The Morgan fingerprint density at radius 1 is 1.35 bits per heavy atom. The van der Waals surface area contributed by atoms with Gasteiger partial charge in [0, 0.05) is 17.5 Å². The molecule has 5 nitrogen and oxygen atoms in total. The van der Waals surface area contributed by atoms with E-state index in [1.165, 1.54) is 7.11 Å². The minimum Gasteiger partial charge on any atom is -0.504 e. The largest absolute Gasteiger partial charge is 0.504 e. The molecule has 0 bridgehead atoms. The lowest BCUT2D eigenvalue weighted by Crippen LogP contribution is -2.14. The minimum absolute atomic E-state index is 0.0470. The fourth-order valence-corrected chi connectivity index (χ4v) is 2.39. The van der Waals surface area contributed by atoms with E-state index in [-0.39, 0.29) is 5.75 Å². The van der Waals surface area contributed by atoms with Crippen molar-refractivity contribution in [1.82, 2.24) is 9.97 Å². The molecular weight excluding hydrogens is 280 g/mol. The van der Waals surface area contributed by atoms with E-state index >= 15 is 0 Å². The van der Waals surface area contributed by atoms with E-state index in [0.29, 0.717) is 41.9 Å². The molecule has 0 unspecified atom stereocenters. The highest BCUT2D eigenvalue weighted by Gasteiger charge is 2.18. The maximum atomic E-state index is 9.83. The Bertz CT molecular complexity index is 661. The van der Waals surface area contributed by atoms with Crippen molar-refractivity contribution in [1.29, 1.82) is 0 Å². The number of aromatic hydroxyl groups is 1. The van der Waals surface area contributed by atoms with Crippen LogP contribution >= 0.6 is 11.6 Å². The van der Waals surface area contributed by atoms with Crippen LogP contribution in [0.4, 0.5) is 0 Å². The molecule has 1 aliphatic rings. The van der Waals surface area contributed by atoms with Gasteiger partial charge < -0.3 is 14.6 Å². The van der Waals surface area contributed by atoms with Crippen molar-refractivity contribution in [3.05, 3.63) is 34.6 Å². The molecule has 0 radical (unpaired) electrons. The van der Waals surface area contributed by atoms with Gasteiger partial charge >= 0.3 is 0 Å². The van der Waals surface area contributed by atoms with Gasteiger partial charge in [-0.25, -0.2) is 9.97 Å². The fraction of sp³-hybridized carbons (Fsp3) is 0.286. The topological polar surface area (TPSA) is 64.5 Å². The first-order valence-electron chi connectivity index (χ1n) is 6.19. The van der Waals surface area contributed by atoms with Gasteiger partial charge in [0.1, 0.15) is 5.15 Å². The molecule has 1 aromatic carbocycles. The van der Waals surface area contributed by atoms with Gasteiger partial charge in [-0.15, -0.1) is 0 Å². The van der Waals surface area contributed by atoms with Gasteiger partial charge in [0.15, 0.2) is 17.3 Å². The van der Waals surface area contributed by atoms with Crippen molar-refractivity contribution in [2.45, 2.75) is 13.0 Å². The lowest BCUT2D eigenvalue weighted by molar-refractivity contribution is 0.109. The molecule has 1 aliphatic heterocycles. The zero-order chi connectivity index (χ0) is 14.1. The normalized spacial score (nSPS) is 13.9. The molecule has 20 heavy (non-hydrogen) atoms. The van der Waals surface area contributed by atoms with E-state index in [9.17, 15) is 5.11 Å². The van der Waals surface area contributed by atoms with Gasteiger partial charge in [-0.1, -0.05) is 11.6 Å². The summed E-state index contributed by atoms with van der Waals surface area (Å²) in [5.41, 5.74) is 2.44. The van der Waals surface area contributed by atoms with E-state index in [1.54, 1.807) is 18.2 Å². The molecule has 0 saturated heterocycles. The van der Waals surface area contributed by atoms with Crippen molar-refractivity contribution in [3.8, 4) is 22.9 Å². The van der Waals surface area contributed by atoms with Crippen LogP contribution in [0.2, 0.25) is 5.15 Å². The van der Waals surface area contributed by atoms with Gasteiger partial charge in [-0.05, 0) is 18.2 Å².